The number of fused-ring (bicyclic) bond motifs is 1. The van der Waals surface area contributed by atoms with Crippen LogP contribution in [0.3, 0.4) is 0 Å². The predicted molar refractivity (Wildman–Crippen MR) is 94.2 cm³/mol. The van der Waals surface area contributed by atoms with E-state index in [4.69, 9.17) is 4.74 Å². The van der Waals surface area contributed by atoms with Gasteiger partial charge in [-0.05, 0) is 24.8 Å². The van der Waals surface area contributed by atoms with Crippen LogP contribution in [0, 0.1) is 0 Å². The lowest BCUT2D eigenvalue weighted by Crippen LogP contribution is -2.52. The minimum atomic E-state index is -0.303. The van der Waals surface area contributed by atoms with Gasteiger partial charge in [-0.15, -0.1) is 0 Å². The van der Waals surface area contributed by atoms with E-state index in [0.717, 1.165) is 50.5 Å². The number of ether oxygens (including phenoxy) is 1. The SMILES string of the molecule is Cn1nc2c(c1CN1CCOC(C(=O)N3CCSCC3)C1)CCC2. The van der Waals surface area contributed by atoms with Gasteiger partial charge in [0.15, 0.2) is 0 Å². The number of hydrogen-bond donors (Lipinski definition) is 0. The summed E-state index contributed by atoms with van der Waals surface area (Å²) in [6.07, 6.45) is 3.18. The third-order valence-corrected chi connectivity index (χ3v) is 6.26. The summed E-state index contributed by atoms with van der Waals surface area (Å²) < 4.78 is 7.84. The number of hydrogen-bond acceptors (Lipinski definition) is 5. The Morgan fingerprint density at radius 3 is 2.96 bits per heavy atom. The third-order valence-electron chi connectivity index (χ3n) is 5.32. The van der Waals surface area contributed by atoms with Crippen LogP contribution in [-0.2, 0) is 36.0 Å². The van der Waals surface area contributed by atoms with E-state index in [0.29, 0.717) is 13.2 Å². The van der Waals surface area contributed by atoms with E-state index in [-0.39, 0.29) is 12.0 Å². The second kappa shape index (κ2) is 7.06. The number of carbonyl (C=O) groups excluding carboxylic acids is 1. The summed E-state index contributed by atoms with van der Waals surface area (Å²) in [7, 11) is 2.04. The minimum Gasteiger partial charge on any atom is -0.366 e. The number of rotatable bonds is 3. The van der Waals surface area contributed by atoms with E-state index in [1.807, 2.05) is 28.4 Å². The number of aromatic nitrogens is 2. The molecular formula is C17H26N4O2S. The lowest BCUT2D eigenvalue weighted by Gasteiger charge is -2.36. The maximum absolute atomic E-state index is 12.7. The fourth-order valence-corrected chi connectivity index (χ4v) is 4.88. The molecule has 1 aromatic rings. The molecule has 132 valence electrons. The van der Waals surface area contributed by atoms with Gasteiger partial charge in [-0.2, -0.15) is 16.9 Å². The molecule has 24 heavy (non-hydrogen) atoms. The summed E-state index contributed by atoms with van der Waals surface area (Å²) in [4.78, 5) is 17.0. The Morgan fingerprint density at radius 2 is 2.12 bits per heavy atom. The molecule has 0 spiro atoms. The number of nitrogens with zero attached hydrogens (tertiary/aromatic N) is 4. The highest BCUT2D eigenvalue weighted by atomic mass is 32.2. The second-order valence-electron chi connectivity index (χ2n) is 6.88. The largest absolute Gasteiger partial charge is 0.366 e. The van der Waals surface area contributed by atoms with Crippen LogP contribution in [0.1, 0.15) is 23.4 Å². The molecule has 0 radical (unpaired) electrons. The van der Waals surface area contributed by atoms with Crippen LogP contribution in [0.2, 0.25) is 0 Å². The van der Waals surface area contributed by atoms with Crippen LogP contribution in [0.4, 0.5) is 0 Å². The normalized spacial score (nSPS) is 25.0. The molecule has 1 amide bonds. The van der Waals surface area contributed by atoms with Gasteiger partial charge < -0.3 is 9.64 Å². The average Bonchev–Trinajstić information content (AvgIpc) is 3.18. The van der Waals surface area contributed by atoms with Gasteiger partial charge in [0.25, 0.3) is 5.91 Å². The van der Waals surface area contributed by atoms with Crippen molar-refractivity contribution >= 4 is 17.7 Å². The molecule has 7 heteroatoms. The molecule has 2 fully saturated rings. The Morgan fingerprint density at radius 1 is 1.29 bits per heavy atom. The Kier molecular flexibility index (Phi) is 4.83. The molecule has 1 unspecified atom stereocenters. The number of amides is 1. The maximum atomic E-state index is 12.7. The zero-order chi connectivity index (χ0) is 16.5. The minimum absolute atomic E-state index is 0.176. The Bertz CT molecular complexity index is 612. The Balaban J connectivity index is 1.41. The van der Waals surface area contributed by atoms with Crippen LogP contribution in [-0.4, -0.2) is 75.9 Å². The van der Waals surface area contributed by atoms with Crippen molar-refractivity contribution in [3.05, 3.63) is 17.0 Å². The summed E-state index contributed by atoms with van der Waals surface area (Å²) in [6.45, 7) is 4.82. The highest BCUT2D eigenvalue weighted by molar-refractivity contribution is 7.99. The Hall–Kier alpha value is -1.05. The van der Waals surface area contributed by atoms with Crippen molar-refractivity contribution in [2.24, 2.45) is 7.05 Å². The van der Waals surface area contributed by atoms with Crippen molar-refractivity contribution in [2.45, 2.75) is 31.9 Å². The van der Waals surface area contributed by atoms with E-state index in [9.17, 15) is 4.79 Å². The molecule has 0 saturated carbocycles. The van der Waals surface area contributed by atoms with Crippen molar-refractivity contribution in [3.8, 4) is 0 Å². The van der Waals surface area contributed by atoms with Gasteiger partial charge in [-0.1, -0.05) is 0 Å². The van der Waals surface area contributed by atoms with Gasteiger partial charge in [-0.3, -0.25) is 14.4 Å². The maximum Gasteiger partial charge on any atom is 0.253 e. The molecule has 6 nitrogen and oxygen atoms in total. The van der Waals surface area contributed by atoms with Gasteiger partial charge in [0.05, 0.1) is 18.0 Å². The molecule has 2 aliphatic heterocycles. The molecule has 0 bridgehead atoms. The molecule has 1 aliphatic carbocycles. The van der Waals surface area contributed by atoms with E-state index in [2.05, 4.69) is 10.00 Å². The van der Waals surface area contributed by atoms with E-state index in [1.165, 1.54) is 23.4 Å². The number of morpholine rings is 1. The quantitative estimate of drug-likeness (QED) is 0.803. The van der Waals surface area contributed by atoms with Crippen LogP contribution in [0.25, 0.3) is 0 Å². The van der Waals surface area contributed by atoms with Gasteiger partial charge in [0, 0.05) is 51.3 Å². The monoisotopic (exact) mass is 350 g/mol. The smallest absolute Gasteiger partial charge is 0.253 e. The first-order chi connectivity index (χ1) is 11.7. The van der Waals surface area contributed by atoms with Crippen molar-refractivity contribution in [2.75, 3.05) is 44.3 Å². The standard InChI is InChI=1S/C17H26N4O2S/c1-19-15(13-3-2-4-14(13)18-19)11-20-5-8-23-16(12-20)17(22)21-6-9-24-10-7-21/h16H,2-12H2,1H3. The molecule has 1 aromatic heterocycles. The van der Waals surface area contributed by atoms with Gasteiger partial charge in [-0.25, -0.2) is 0 Å². The summed E-state index contributed by atoms with van der Waals surface area (Å²) in [6, 6.07) is 0. The van der Waals surface area contributed by atoms with Gasteiger partial charge in [0.2, 0.25) is 0 Å². The van der Waals surface area contributed by atoms with Crippen LogP contribution in [0.5, 0.6) is 0 Å². The van der Waals surface area contributed by atoms with Crippen molar-refractivity contribution in [1.29, 1.82) is 0 Å². The highest BCUT2D eigenvalue weighted by Gasteiger charge is 2.32. The van der Waals surface area contributed by atoms with Crippen molar-refractivity contribution in [1.82, 2.24) is 19.6 Å². The Labute approximate surface area is 147 Å². The predicted octanol–water partition coefficient (Wildman–Crippen LogP) is 0.685. The van der Waals surface area contributed by atoms with Crippen molar-refractivity contribution in [3.63, 3.8) is 0 Å². The molecule has 0 aromatic carbocycles. The van der Waals surface area contributed by atoms with E-state index in [1.54, 1.807) is 0 Å². The lowest BCUT2D eigenvalue weighted by molar-refractivity contribution is -0.149. The summed E-state index contributed by atoms with van der Waals surface area (Å²) in [5.74, 6) is 2.27. The zero-order valence-electron chi connectivity index (χ0n) is 14.4. The van der Waals surface area contributed by atoms with Crippen LogP contribution in [0.15, 0.2) is 0 Å². The first-order valence-corrected chi connectivity index (χ1v) is 10.1. The van der Waals surface area contributed by atoms with E-state index < -0.39 is 0 Å². The number of thioether (sulfide) groups is 1. The topological polar surface area (TPSA) is 50.6 Å². The first kappa shape index (κ1) is 16.4. The fraction of sp³-hybridized carbons (Fsp3) is 0.765. The number of carbonyl (C=O) groups is 1. The summed E-state index contributed by atoms with van der Waals surface area (Å²) in [5.41, 5.74) is 4.05. The first-order valence-electron chi connectivity index (χ1n) is 8.96. The highest BCUT2D eigenvalue weighted by Crippen LogP contribution is 2.26. The lowest BCUT2D eigenvalue weighted by atomic mass is 10.1. The van der Waals surface area contributed by atoms with Crippen LogP contribution >= 0.6 is 11.8 Å². The molecule has 1 atom stereocenters. The molecule has 3 aliphatic rings. The molecule has 0 N–H and O–H groups in total. The fourth-order valence-electron chi connectivity index (χ4n) is 3.98. The third kappa shape index (κ3) is 3.21. The summed E-state index contributed by atoms with van der Waals surface area (Å²) in [5, 5.41) is 4.67. The second-order valence-corrected chi connectivity index (χ2v) is 8.11. The summed E-state index contributed by atoms with van der Waals surface area (Å²) >= 11 is 1.92. The molecule has 3 heterocycles. The van der Waals surface area contributed by atoms with Gasteiger partial charge >= 0.3 is 0 Å². The number of aryl methyl sites for hydroxylation is 2. The van der Waals surface area contributed by atoms with Crippen LogP contribution < -0.4 is 0 Å². The molecular weight excluding hydrogens is 324 g/mol. The molecule has 2 saturated heterocycles. The average molecular weight is 350 g/mol. The zero-order valence-corrected chi connectivity index (χ0v) is 15.2. The van der Waals surface area contributed by atoms with E-state index >= 15 is 0 Å². The van der Waals surface area contributed by atoms with Gasteiger partial charge in [0.1, 0.15) is 6.10 Å². The molecule has 4 rings (SSSR count). The van der Waals surface area contributed by atoms with Crippen molar-refractivity contribution < 1.29 is 9.53 Å².